The first-order chi connectivity index (χ1) is 11.5. The van der Waals surface area contributed by atoms with Crippen molar-refractivity contribution >= 4 is 23.5 Å². The van der Waals surface area contributed by atoms with Crippen LogP contribution in [0.1, 0.15) is 41.3 Å². The Labute approximate surface area is 144 Å². The molecule has 1 heterocycles. The molecular formula is C19H18O4S. The van der Waals surface area contributed by atoms with Gasteiger partial charge in [0.1, 0.15) is 5.75 Å². The lowest BCUT2D eigenvalue weighted by atomic mass is 9.96. The van der Waals surface area contributed by atoms with Crippen LogP contribution in [0.2, 0.25) is 0 Å². The third kappa shape index (κ3) is 3.17. The predicted octanol–water partition coefficient (Wildman–Crippen LogP) is 4.16. The van der Waals surface area contributed by atoms with Crippen molar-refractivity contribution in [2.45, 2.75) is 36.0 Å². The van der Waals surface area contributed by atoms with Crippen molar-refractivity contribution in [2.75, 3.05) is 6.61 Å². The third-order valence-electron chi connectivity index (χ3n) is 4.09. The van der Waals surface area contributed by atoms with Crippen molar-refractivity contribution < 1.29 is 19.4 Å². The number of rotatable bonds is 4. The van der Waals surface area contributed by atoms with E-state index in [2.05, 4.69) is 0 Å². The molecule has 2 aromatic carbocycles. The number of ether oxygens (including phenoxy) is 1. The highest BCUT2D eigenvalue weighted by atomic mass is 32.2. The molecule has 0 saturated carbocycles. The average Bonchev–Trinajstić information content (AvgIpc) is 2.69. The van der Waals surface area contributed by atoms with E-state index in [-0.39, 0.29) is 5.78 Å². The van der Waals surface area contributed by atoms with E-state index in [1.165, 1.54) is 11.8 Å². The molecule has 4 nitrogen and oxygen atoms in total. The number of ketones is 1. The van der Waals surface area contributed by atoms with Crippen molar-refractivity contribution in [2.24, 2.45) is 0 Å². The molecule has 5 heteroatoms. The Morgan fingerprint density at radius 2 is 2.00 bits per heavy atom. The minimum absolute atomic E-state index is 0.00402. The normalized spacial score (nSPS) is 14.3. The van der Waals surface area contributed by atoms with E-state index in [1.807, 2.05) is 31.2 Å². The van der Waals surface area contributed by atoms with Crippen LogP contribution in [0, 0.1) is 0 Å². The van der Waals surface area contributed by atoms with Gasteiger partial charge in [0.2, 0.25) is 0 Å². The number of fused-ring (bicyclic) bond motifs is 2. The van der Waals surface area contributed by atoms with Gasteiger partial charge in [-0.1, -0.05) is 17.8 Å². The smallest absolute Gasteiger partial charge is 0.310 e. The summed E-state index contributed by atoms with van der Waals surface area (Å²) in [5, 5.41) is 9.18. The van der Waals surface area contributed by atoms with E-state index >= 15 is 0 Å². The Morgan fingerprint density at radius 3 is 2.71 bits per heavy atom. The van der Waals surface area contributed by atoms with Crippen LogP contribution in [0.5, 0.6) is 5.75 Å². The molecule has 0 saturated heterocycles. The number of carboxylic acid groups (broad SMARTS) is 1. The van der Waals surface area contributed by atoms with Crippen LogP contribution in [0.4, 0.5) is 0 Å². The Kier molecular flexibility index (Phi) is 4.62. The Hall–Kier alpha value is -2.27. The van der Waals surface area contributed by atoms with Gasteiger partial charge in [-0.3, -0.25) is 9.59 Å². The van der Waals surface area contributed by atoms with Gasteiger partial charge in [-0.15, -0.1) is 0 Å². The second-order valence-electron chi connectivity index (χ2n) is 5.72. The monoisotopic (exact) mass is 342 g/mol. The molecule has 0 aromatic heterocycles. The predicted molar refractivity (Wildman–Crippen MR) is 92.3 cm³/mol. The molecular weight excluding hydrogens is 324 g/mol. The Bertz CT molecular complexity index is 813. The molecule has 1 aliphatic rings. The molecule has 0 bridgehead atoms. The van der Waals surface area contributed by atoms with Gasteiger partial charge < -0.3 is 9.84 Å². The van der Waals surface area contributed by atoms with Gasteiger partial charge in [-0.25, -0.2) is 0 Å². The summed E-state index contributed by atoms with van der Waals surface area (Å²) in [5.74, 6) is -0.767. The van der Waals surface area contributed by atoms with Gasteiger partial charge in [0.05, 0.1) is 12.5 Å². The number of aliphatic carboxylic acids is 1. The van der Waals surface area contributed by atoms with E-state index in [1.54, 1.807) is 19.1 Å². The number of carboxylic acids is 1. The highest BCUT2D eigenvalue weighted by Crippen LogP contribution is 2.39. The number of carbonyl (C=O) groups excluding carboxylic acids is 1. The maximum Gasteiger partial charge on any atom is 0.310 e. The fourth-order valence-corrected chi connectivity index (χ4v) is 3.76. The summed E-state index contributed by atoms with van der Waals surface area (Å²) < 4.78 is 5.52. The van der Waals surface area contributed by atoms with E-state index in [4.69, 9.17) is 4.74 Å². The van der Waals surface area contributed by atoms with Gasteiger partial charge >= 0.3 is 5.97 Å². The molecule has 2 aromatic rings. The molecule has 0 spiro atoms. The summed E-state index contributed by atoms with van der Waals surface area (Å²) in [5.41, 5.74) is 2.19. The Balaban J connectivity index is 1.99. The summed E-state index contributed by atoms with van der Waals surface area (Å²) in [6.07, 6.45) is 0.293. The van der Waals surface area contributed by atoms with Gasteiger partial charge in [0.15, 0.2) is 5.78 Å². The van der Waals surface area contributed by atoms with Crippen LogP contribution < -0.4 is 4.74 Å². The number of carbonyl (C=O) groups is 2. The van der Waals surface area contributed by atoms with Crippen molar-refractivity contribution in [3.05, 3.63) is 53.1 Å². The van der Waals surface area contributed by atoms with Gasteiger partial charge in [0.25, 0.3) is 0 Å². The number of hydrogen-bond donors (Lipinski definition) is 1. The molecule has 1 atom stereocenters. The SMILES string of the molecule is CCOc1ccc2c(c1)CC(=O)c1cc(C(C)C(=O)O)ccc1S2. The topological polar surface area (TPSA) is 63.6 Å². The van der Waals surface area contributed by atoms with Crippen LogP contribution in [-0.4, -0.2) is 23.5 Å². The van der Waals surface area contributed by atoms with Crippen LogP contribution in [0.25, 0.3) is 0 Å². The first-order valence-corrected chi connectivity index (χ1v) is 8.64. The van der Waals surface area contributed by atoms with E-state index in [0.717, 1.165) is 21.1 Å². The number of hydrogen-bond acceptors (Lipinski definition) is 4. The third-order valence-corrected chi connectivity index (χ3v) is 5.28. The van der Waals surface area contributed by atoms with Crippen molar-refractivity contribution in [1.82, 2.24) is 0 Å². The molecule has 1 N–H and O–H groups in total. The first-order valence-electron chi connectivity index (χ1n) is 7.83. The highest BCUT2D eigenvalue weighted by molar-refractivity contribution is 7.99. The zero-order chi connectivity index (χ0) is 17.3. The lowest BCUT2D eigenvalue weighted by Crippen LogP contribution is -2.10. The van der Waals surface area contributed by atoms with E-state index in [0.29, 0.717) is 24.2 Å². The summed E-state index contributed by atoms with van der Waals surface area (Å²) in [6, 6.07) is 11.2. The second kappa shape index (κ2) is 6.69. The lowest BCUT2D eigenvalue weighted by molar-refractivity contribution is -0.138. The summed E-state index contributed by atoms with van der Waals surface area (Å²) in [7, 11) is 0. The molecule has 3 rings (SSSR count). The largest absolute Gasteiger partial charge is 0.494 e. The fraction of sp³-hybridized carbons (Fsp3) is 0.263. The maximum atomic E-state index is 12.7. The summed E-state index contributed by atoms with van der Waals surface area (Å²) in [6.45, 7) is 4.13. The molecule has 124 valence electrons. The van der Waals surface area contributed by atoms with Gasteiger partial charge in [-0.05, 0) is 55.3 Å². The van der Waals surface area contributed by atoms with Crippen molar-refractivity contribution in [3.63, 3.8) is 0 Å². The molecule has 24 heavy (non-hydrogen) atoms. The van der Waals surface area contributed by atoms with Crippen LogP contribution >= 0.6 is 11.8 Å². The minimum atomic E-state index is -0.895. The zero-order valence-electron chi connectivity index (χ0n) is 13.5. The zero-order valence-corrected chi connectivity index (χ0v) is 14.4. The van der Waals surface area contributed by atoms with Gasteiger partial charge in [-0.2, -0.15) is 0 Å². The highest BCUT2D eigenvalue weighted by Gasteiger charge is 2.23. The second-order valence-corrected chi connectivity index (χ2v) is 6.80. The molecule has 0 radical (unpaired) electrons. The van der Waals surface area contributed by atoms with Crippen molar-refractivity contribution in [3.8, 4) is 5.75 Å². The fourth-order valence-electron chi connectivity index (χ4n) is 2.70. The molecule has 0 fully saturated rings. The Morgan fingerprint density at radius 1 is 1.25 bits per heavy atom. The van der Waals surface area contributed by atoms with Crippen LogP contribution in [0.15, 0.2) is 46.2 Å². The summed E-state index contributed by atoms with van der Waals surface area (Å²) >= 11 is 1.54. The molecule has 0 aliphatic carbocycles. The van der Waals surface area contributed by atoms with E-state index < -0.39 is 11.9 Å². The number of benzene rings is 2. The standard InChI is InChI=1S/C19H18O4S/c1-3-23-14-5-7-17-13(8-14)10-16(20)15-9-12(11(2)19(21)22)4-6-18(15)24-17/h4-9,11H,3,10H2,1-2H3,(H,21,22). The summed E-state index contributed by atoms with van der Waals surface area (Å²) in [4.78, 5) is 25.8. The minimum Gasteiger partial charge on any atom is -0.494 e. The quantitative estimate of drug-likeness (QED) is 0.904. The average molecular weight is 342 g/mol. The molecule has 1 aliphatic heterocycles. The maximum absolute atomic E-state index is 12.7. The van der Waals surface area contributed by atoms with Crippen molar-refractivity contribution in [1.29, 1.82) is 0 Å². The molecule has 1 unspecified atom stereocenters. The molecule has 0 amide bonds. The van der Waals surface area contributed by atoms with Gasteiger partial charge in [0, 0.05) is 21.8 Å². The lowest BCUT2D eigenvalue weighted by Gasteiger charge is -2.11. The number of Topliss-reactive ketones (excluding diaryl/α,β-unsaturated/α-hetero) is 1. The van der Waals surface area contributed by atoms with E-state index in [9.17, 15) is 14.7 Å². The first kappa shape index (κ1) is 16.6. The van der Waals surface area contributed by atoms with Crippen LogP contribution in [-0.2, 0) is 11.2 Å². The van der Waals surface area contributed by atoms with Crippen LogP contribution in [0.3, 0.4) is 0 Å².